The molecule has 0 saturated carbocycles. The van der Waals surface area contributed by atoms with Gasteiger partial charge in [0.2, 0.25) is 5.91 Å². The number of aryl methyl sites for hydroxylation is 2. The van der Waals surface area contributed by atoms with Crippen LogP contribution in [0, 0.1) is 6.92 Å². The van der Waals surface area contributed by atoms with E-state index in [-0.39, 0.29) is 11.9 Å². The SMILES string of the molecule is Cc1csc(C(Cc2ccsc2)NC(=O)CCn2cccn2)n1. The third kappa shape index (κ3) is 4.49. The molecule has 23 heavy (non-hydrogen) atoms. The minimum absolute atomic E-state index is 0.0218. The maximum Gasteiger partial charge on any atom is 0.222 e. The normalized spacial score (nSPS) is 12.2. The molecule has 3 aromatic heterocycles. The number of amides is 1. The van der Waals surface area contributed by atoms with E-state index in [1.165, 1.54) is 5.56 Å². The molecular weight excluding hydrogens is 328 g/mol. The Morgan fingerprint density at radius 2 is 2.35 bits per heavy atom. The smallest absolute Gasteiger partial charge is 0.222 e. The quantitative estimate of drug-likeness (QED) is 0.715. The Bertz CT molecular complexity index is 734. The van der Waals surface area contributed by atoms with Gasteiger partial charge in [-0.05, 0) is 35.4 Å². The number of thiophene rings is 1. The minimum atomic E-state index is -0.0755. The molecule has 120 valence electrons. The number of aromatic nitrogens is 3. The van der Waals surface area contributed by atoms with E-state index in [1.54, 1.807) is 33.6 Å². The van der Waals surface area contributed by atoms with Gasteiger partial charge >= 0.3 is 0 Å². The molecule has 7 heteroatoms. The fourth-order valence-corrected chi connectivity index (χ4v) is 3.82. The van der Waals surface area contributed by atoms with Gasteiger partial charge in [0.05, 0.1) is 6.04 Å². The van der Waals surface area contributed by atoms with Crippen molar-refractivity contribution in [1.29, 1.82) is 0 Å². The van der Waals surface area contributed by atoms with Crippen molar-refractivity contribution in [3.63, 3.8) is 0 Å². The van der Waals surface area contributed by atoms with E-state index in [0.717, 1.165) is 17.1 Å². The lowest BCUT2D eigenvalue weighted by Gasteiger charge is -2.16. The molecule has 1 N–H and O–H groups in total. The van der Waals surface area contributed by atoms with Crippen LogP contribution in [0.4, 0.5) is 0 Å². The lowest BCUT2D eigenvalue weighted by atomic mass is 10.1. The van der Waals surface area contributed by atoms with Crippen molar-refractivity contribution in [2.45, 2.75) is 32.4 Å². The van der Waals surface area contributed by atoms with E-state index in [9.17, 15) is 4.79 Å². The predicted octanol–water partition coefficient (Wildman–Crippen LogP) is 3.20. The highest BCUT2D eigenvalue weighted by Gasteiger charge is 2.18. The number of nitrogens with one attached hydrogen (secondary N) is 1. The van der Waals surface area contributed by atoms with E-state index < -0.39 is 0 Å². The highest BCUT2D eigenvalue weighted by atomic mass is 32.1. The molecule has 0 aliphatic heterocycles. The average Bonchev–Trinajstić information content (AvgIpc) is 3.27. The van der Waals surface area contributed by atoms with Crippen LogP contribution in [0.25, 0.3) is 0 Å². The van der Waals surface area contributed by atoms with E-state index in [0.29, 0.717) is 13.0 Å². The fourth-order valence-electron chi connectivity index (χ4n) is 2.29. The standard InChI is InChI=1S/C16H18N4OS2/c1-12-10-23-16(18-12)14(9-13-4-8-22-11-13)19-15(21)3-7-20-6-2-5-17-20/h2,4-6,8,10-11,14H,3,7,9H2,1H3,(H,19,21). The number of thiazole rings is 1. The average molecular weight is 346 g/mol. The summed E-state index contributed by atoms with van der Waals surface area (Å²) in [7, 11) is 0. The van der Waals surface area contributed by atoms with Gasteiger partial charge in [0.25, 0.3) is 0 Å². The summed E-state index contributed by atoms with van der Waals surface area (Å²) in [6.07, 6.45) is 4.76. The Morgan fingerprint density at radius 3 is 3.00 bits per heavy atom. The zero-order chi connectivity index (χ0) is 16.1. The monoisotopic (exact) mass is 346 g/mol. The Morgan fingerprint density at radius 1 is 1.43 bits per heavy atom. The second-order valence-electron chi connectivity index (χ2n) is 5.30. The van der Waals surface area contributed by atoms with Crippen LogP contribution < -0.4 is 5.32 Å². The van der Waals surface area contributed by atoms with Crippen molar-refractivity contribution >= 4 is 28.6 Å². The summed E-state index contributed by atoms with van der Waals surface area (Å²) in [5, 5.41) is 14.4. The van der Waals surface area contributed by atoms with Crippen LogP contribution in [0.1, 0.15) is 28.7 Å². The first-order valence-corrected chi connectivity index (χ1v) is 9.23. The molecule has 0 aliphatic rings. The van der Waals surface area contributed by atoms with Crippen LogP contribution in [0.3, 0.4) is 0 Å². The number of carbonyl (C=O) groups is 1. The Hall–Kier alpha value is -1.99. The topological polar surface area (TPSA) is 59.8 Å². The van der Waals surface area contributed by atoms with E-state index >= 15 is 0 Å². The molecule has 5 nitrogen and oxygen atoms in total. The van der Waals surface area contributed by atoms with Gasteiger partial charge in [-0.2, -0.15) is 16.4 Å². The number of carbonyl (C=O) groups excluding carboxylic acids is 1. The molecule has 1 amide bonds. The molecule has 0 spiro atoms. The summed E-state index contributed by atoms with van der Waals surface area (Å²) >= 11 is 3.27. The van der Waals surface area contributed by atoms with Gasteiger partial charge in [0, 0.05) is 42.9 Å². The summed E-state index contributed by atoms with van der Waals surface area (Å²) in [6, 6.07) is 3.87. The van der Waals surface area contributed by atoms with Crippen molar-refractivity contribution in [2.24, 2.45) is 0 Å². The first kappa shape index (κ1) is 15.9. The molecule has 0 fully saturated rings. The molecule has 0 radical (unpaired) electrons. The summed E-state index contributed by atoms with van der Waals surface area (Å²) in [6.45, 7) is 2.56. The van der Waals surface area contributed by atoms with Crippen LogP contribution in [0.5, 0.6) is 0 Å². The molecule has 1 atom stereocenters. The number of rotatable bonds is 7. The third-order valence-electron chi connectivity index (χ3n) is 3.42. The molecule has 3 rings (SSSR count). The third-order valence-corrected chi connectivity index (χ3v) is 5.23. The number of hydrogen-bond donors (Lipinski definition) is 1. The van der Waals surface area contributed by atoms with Crippen molar-refractivity contribution in [3.05, 3.63) is 56.9 Å². The van der Waals surface area contributed by atoms with Gasteiger partial charge in [-0.15, -0.1) is 11.3 Å². The van der Waals surface area contributed by atoms with Gasteiger partial charge in [-0.3, -0.25) is 9.48 Å². The second-order valence-corrected chi connectivity index (χ2v) is 6.97. The molecule has 0 aliphatic carbocycles. The van der Waals surface area contributed by atoms with Crippen LogP contribution in [-0.4, -0.2) is 20.7 Å². The first-order chi connectivity index (χ1) is 11.2. The number of hydrogen-bond acceptors (Lipinski definition) is 5. The Kier molecular flexibility index (Phi) is 5.19. The largest absolute Gasteiger partial charge is 0.346 e. The Balaban J connectivity index is 1.64. The van der Waals surface area contributed by atoms with Crippen LogP contribution in [-0.2, 0) is 17.8 Å². The Labute approximate surface area is 143 Å². The van der Waals surface area contributed by atoms with Gasteiger partial charge < -0.3 is 5.32 Å². The molecular formula is C16H18N4OS2. The van der Waals surface area contributed by atoms with E-state index in [2.05, 4.69) is 32.2 Å². The van der Waals surface area contributed by atoms with Crippen molar-refractivity contribution in [1.82, 2.24) is 20.1 Å². The molecule has 0 aromatic carbocycles. The molecule has 3 heterocycles. The van der Waals surface area contributed by atoms with Gasteiger partial charge in [-0.1, -0.05) is 0 Å². The van der Waals surface area contributed by atoms with Crippen molar-refractivity contribution in [2.75, 3.05) is 0 Å². The fraction of sp³-hybridized carbons (Fsp3) is 0.312. The summed E-state index contributed by atoms with van der Waals surface area (Å²) < 4.78 is 1.76. The summed E-state index contributed by atoms with van der Waals surface area (Å²) in [5.41, 5.74) is 2.21. The highest BCUT2D eigenvalue weighted by Crippen LogP contribution is 2.23. The van der Waals surface area contributed by atoms with Crippen molar-refractivity contribution < 1.29 is 4.79 Å². The maximum atomic E-state index is 12.3. The zero-order valence-corrected chi connectivity index (χ0v) is 14.4. The van der Waals surface area contributed by atoms with Gasteiger partial charge in [0.15, 0.2) is 0 Å². The molecule has 1 unspecified atom stereocenters. The van der Waals surface area contributed by atoms with E-state index in [1.807, 2.05) is 24.6 Å². The minimum Gasteiger partial charge on any atom is -0.346 e. The zero-order valence-electron chi connectivity index (χ0n) is 12.8. The number of nitrogens with zero attached hydrogens (tertiary/aromatic N) is 3. The lowest BCUT2D eigenvalue weighted by Crippen LogP contribution is -2.30. The highest BCUT2D eigenvalue weighted by molar-refractivity contribution is 7.09. The van der Waals surface area contributed by atoms with Gasteiger partial charge in [0.1, 0.15) is 5.01 Å². The molecule has 3 aromatic rings. The predicted molar refractivity (Wildman–Crippen MR) is 92.6 cm³/mol. The molecule has 0 saturated heterocycles. The second kappa shape index (κ2) is 7.52. The van der Waals surface area contributed by atoms with Crippen LogP contribution >= 0.6 is 22.7 Å². The summed E-state index contributed by atoms with van der Waals surface area (Å²) in [5.74, 6) is 0.0218. The van der Waals surface area contributed by atoms with Crippen LogP contribution in [0.2, 0.25) is 0 Å². The van der Waals surface area contributed by atoms with Crippen LogP contribution in [0.15, 0.2) is 40.7 Å². The lowest BCUT2D eigenvalue weighted by molar-refractivity contribution is -0.122. The van der Waals surface area contributed by atoms with Gasteiger partial charge in [-0.25, -0.2) is 4.98 Å². The molecule has 0 bridgehead atoms. The summed E-state index contributed by atoms with van der Waals surface area (Å²) in [4.78, 5) is 16.8. The van der Waals surface area contributed by atoms with Crippen molar-refractivity contribution in [3.8, 4) is 0 Å². The first-order valence-electron chi connectivity index (χ1n) is 7.40. The van der Waals surface area contributed by atoms with E-state index in [4.69, 9.17) is 0 Å². The maximum absolute atomic E-state index is 12.3.